The number of hydrogen-bond acceptors (Lipinski definition) is 2. The van der Waals surface area contributed by atoms with Gasteiger partial charge in [0.15, 0.2) is 0 Å². The lowest BCUT2D eigenvalue weighted by molar-refractivity contribution is 0.580. The van der Waals surface area contributed by atoms with E-state index in [9.17, 15) is 13.7 Å². The molecule has 0 aliphatic heterocycles. The summed E-state index contributed by atoms with van der Waals surface area (Å²) in [5, 5.41) is 2.47. The summed E-state index contributed by atoms with van der Waals surface area (Å²) in [5.74, 6) is -1.24. The molecule has 0 aliphatic carbocycles. The van der Waals surface area contributed by atoms with Crippen molar-refractivity contribution in [2.45, 2.75) is 6.54 Å². The number of nitrogens with zero attached hydrogens (tertiary/aromatic N) is 1. The molecule has 0 radical (unpaired) electrons. The van der Waals surface area contributed by atoms with Gasteiger partial charge in [0.1, 0.15) is 18.2 Å². The fourth-order valence-electron chi connectivity index (χ4n) is 0.754. The zero-order valence-corrected chi connectivity index (χ0v) is 7.44. The van der Waals surface area contributed by atoms with Gasteiger partial charge < -0.3 is 0 Å². The van der Waals surface area contributed by atoms with Crippen LogP contribution in [0.3, 0.4) is 0 Å². The highest BCUT2D eigenvalue weighted by Crippen LogP contribution is 2.20. The summed E-state index contributed by atoms with van der Waals surface area (Å²) >= 11 is 2.81. The summed E-state index contributed by atoms with van der Waals surface area (Å²) in [4.78, 5) is 9.77. The molecule has 2 nitrogen and oxygen atoms in total. The summed E-state index contributed by atoms with van der Waals surface area (Å²) in [7, 11) is 0. The minimum atomic E-state index is -0.636. The van der Waals surface area contributed by atoms with Gasteiger partial charge in [0.05, 0.1) is 4.47 Å². The molecule has 0 heterocycles. The van der Waals surface area contributed by atoms with Crippen LogP contribution < -0.4 is 0 Å². The molecule has 0 saturated carbocycles. The maximum atomic E-state index is 12.8. The molecule has 1 aromatic carbocycles. The Labute approximate surface area is 75.7 Å². The first-order valence-electron chi connectivity index (χ1n) is 3.07. The van der Waals surface area contributed by atoms with Gasteiger partial charge in [-0.15, -0.1) is 0 Å². The van der Waals surface area contributed by atoms with Crippen molar-refractivity contribution >= 4 is 15.9 Å². The largest absolute Gasteiger partial charge is 0.207 e. The monoisotopic (exact) mass is 235 g/mol. The molecule has 0 fully saturated rings. The molecule has 0 aromatic heterocycles. The van der Waals surface area contributed by atoms with Crippen molar-refractivity contribution in [1.29, 1.82) is 0 Å². The topological polar surface area (TPSA) is 29.4 Å². The van der Waals surface area contributed by atoms with Crippen molar-refractivity contribution in [1.82, 2.24) is 0 Å². The molecular formula is C7H4BrF2NO. The Balaban J connectivity index is 3.13. The van der Waals surface area contributed by atoms with Crippen LogP contribution in [0.5, 0.6) is 0 Å². The number of halogens is 3. The van der Waals surface area contributed by atoms with E-state index in [0.717, 1.165) is 12.1 Å². The number of hydrogen-bond donors (Lipinski definition) is 0. The Hall–Kier alpha value is -0.840. The lowest BCUT2D eigenvalue weighted by Gasteiger charge is -1.99. The van der Waals surface area contributed by atoms with Crippen molar-refractivity contribution in [2.75, 3.05) is 0 Å². The minimum absolute atomic E-state index is 0.0364. The van der Waals surface area contributed by atoms with Crippen molar-refractivity contribution in [3.63, 3.8) is 0 Å². The minimum Gasteiger partial charge on any atom is -0.207 e. The van der Waals surface area contributed by atoms with Gasteiger partial charge in [0, 0.05) is 5.56 Å². The molecule has 0 aliphatic rings. The third kappa shape index (κ3) is 1.85. The van der Waals surface area contributed by atoms with Gasteiger partial charge in [-0.05, 0) is 28.1 Å². The highest BCUT2D eigenvalue weighted by Gasteiger charge is 2.07. The molecule has 0 saturated heterocycles. The average molecular weight is 236 g/mol. The lowest BCUT2D eigenvalue weighted by atomic mass is 10.2. The predicted octanol–water partition coefficient (Wildman–Crippen LogP) is 2.99. The SMILES string of the molecule is O=NCc1cc(F)c(Br)cc1F. The van der Waals surface area contributed by atoms with Crippen LogP contribution >= 0.6 is 15.9 Å². The first kappa shape index (κ1) is 9.25. The van der Waals surface area contributed by atoms with Crippen LogP contribution in [0.4, 0.5) is 8.78 Å². The number of nitroso groups, excluding NO2 is 1. The van der Waals surface area contributed by atoms with Crippen LogP contribution in [0.2, 0.25) is 0 Å². The smallest absolute Gasteiger partial charge is 0.137 e. The van der Waals surface area contributed by atoms with Crippen LogP contribution in [0.1, 0.15) is 5.56 Å². The first-order chi connectivity index (χ1) is 5.65. The molecule has 0 atom stereocenters. The second-order valence-corrected chi connectivity index (χ2v) is 3.00. The van der Waals surface area contributed by atoms with Crippen LogP contribution in [-0.4, -0.2) is 0 Å². The Morgan fingerprint density at radius 1 is 1.33 bits per heavy atom. The summed E-state index contributed by atoms with van der Waals surface area (Å²) in [6, 6.07) is 1.91. The Morgan fingerprint density at radius 3 is 2.58 bits per heavy atom. The van der Waals surface area contributed by atoms with Gasteiger partial charge >= 0.3 is 0 Å². The molecule has 64 valence electrons. The first-order valence-corrected chi connectivity index (χ1v) is 3.87. The standard InChI is InChI=1S/C7H4BrF2NO/c8-5-2-6(9)4(3-11-12)1-7(5)10/h1-2H,3H2. The highest BCUT2D eigenvalue weighted by molar-refractivity contribution is 9.10. The summed E-state index contributed by atoms with van der Waals surface area (Å²) in [5.41, 5.74) is -0.0364. The molecule has 0 unspecified atom stereocenters. The summed E-state index contributed by atoms with van der Waals surface area (Å²) < 4.78 is 25.6. The fourth-order valence-corrected chi connectivity index (χ4v) is 1.07. The van der Waals surface area contributed by atoms with Gasteiger partial charge in [-0.2, -0.15) is 4.91 Å². The molecule has 0 spiro atoms. The van der Waals surface area contributed by atoms with E-state index in [0.29, 0.717) is 0 Å². The quantitative estimate of drug-likeness (QED) is 0.573. The second kappa shape index (κ2) is 3.71. The molecule has 0 amide bonds. The van der Waals surface area contributed by atoms with Gasteiger partial charge in [0.2, 0.25) is 0 Å². The molecule has 1 aromatic rings. The van der Waals surface area contributed by atoms with E-state index in [1.54, 1.807) is 0 Å². The molecule has 12 heavy (non-hydrogen) atoms. The highest BCUT2D eigenvalue weighted by atomic mass is 79.9. The van der Waals surface area contributed by atoms with Crippen LogP contribution in [0.15, 0.2) is 21.8 Å². The molecule has 0 bridgehead atoms. The predicted molar refractivity (Wildman–Crippen MR) is 43.6 cm³/mol. The molecule has 5 heteroatoms. The third-order valence-electron chi connectivity index (χ3n) is 1.32. The van der Waals surface area contributed by atoms with Gasteiger partial charge in [0.25, 0.3) is 0 Å². The second-order valence-electron chi connectivity index (χ2n) is 2.14. The Morgan fingerprint density at radius 2 is 2.00 bits per heavy atom. The molecule has 0 N–H and O–H groups in total. The van der Waals surface area contributed by atoms with E-state index in [-0.39, 0.29) is 16.6 Å². The summed E-state index contributed by atoms with van der Waals surface area (Å²) in [6.07, 6.45) is 0. The van der Waals surface area contributed by atoms with Crippen molar-refractivity contribution < 1.29 is 8.78 Å². The van der Waals surface area contributed by atoms with E-state index in [4.69, 9.17) is 0 Å². The average Bonchev–Trinajstić information content (AvgIpc) is 2.01. The maximum absolute atomic E-state index is 12.8. The number of rotatable bonds is 2. The zero-order valence-electron chi connectivity index (χ0n) is 5.85. The van der Waals surface area contributed by atoms with Crippen molar-refractivity contribution in [3.8, 4) is 0 Å². The van der Waals surface area contributed by atoms with Crippen LogP contribution in [0, 0.1) is 16.5 Å². The van der Waals surface area contributed by atoms with Crippen molar-refractivity contribution in [2.24, 2.45) is 5.18 Å². The normalized spacial score (nSPS) is 9.92. The van der Waals surface area contributed by atoms with E-state index in [1.807, 2.05) is 0 Å². The van der Waals surface area contributed by atoms with E-state index in [1.165, 1.54) is 0 Å². The third-order valence-corrected chi connectivity index (χ3v) is 1.93. The molecular weight excluding hydrogens is 232 g/mol. The van der Waals surface area contributed by atoms with Crippen LogP contribution in [0.25, 0.3) is 0 Å². The lowest BCUT2D eigenvalue weighted by Crippen LogP contribution is -1.90. The Bertz CT molecular complexity index is 317. The van der Waals surface area contributed by atoms with E-state index >= 15 is 0 Å². The zero-order chi connectivity index (χ0) is 9.14. The van der Waals surface area contributed by atoms with Crippen molar-refractivity contribution in [3.05, 3.63) is 38.7 Å². The van der Waals surface area contributed by atoms with Gasteiger partial charge in [-0.3, -0.25) is 0 Å². The van der Waals surface area contributed by atoms with E-state index < -0.39 is 11.6 Å². The summed E-state index contributed by atoms with van der Waals surface area (Å²) in [6.45, 7) is -0.351. The fraction of sp³-hybridized carbons (Fsp3) is 0.143. The van der Waals surface area contributed by atoms with E-state index in [2.05, 4.69) is 21.1 Å². The Kier molecular flexibility index (Phi) is 2.86. The number of benzene rings is 1. The van der Waals surface area contributed by atoms with Crippen LogP contribution in [-0.2, 0) is 6.54 Å². The molecule has 1 rings (SSSR count). The van der Waals surface area contributed by atoms with Gasteiger partial charge in [-0.1, -0.05) is 5.18 Å². The maximum Gasteiger partial charge on any atom is 0.137 e. The van der Waals surface area contributed by atoms with Gasteiger partial charge in [-0.25, -0.2) is 8.78 Å².